The molecule has 0 N–H and O–H groups in total. The highest BCUT2D eigenvalue weighted by Gasteiger charge is 2.11. The van der Waals surface area contributed by atoms with Crippen LogP contribution >= 0.6 is 0 Å². The largest absolute Gasteiger partial charge is 0.273 e. The normalized spacial score (nSPS) is 10.0. The van der Waals surface area contributed by atoms with Crippen LogP contribution in [0.5, 0.6) is 0 Å². The van der Waals surface area contributed by atoms with Crippen molar-refractivity contribution < 1.29 is 4.79 Å². The average molecular weight is 220 g/mol. The van der Waals surface area contributed by atoms with E-state index in [4.69, 9.17) is 0 Å². The molecule has 16 heavy (non-hydrogen) atoms. The first-order valence-electron chi connectivity index (χ1n) is 5.13. The maximum Gasteiger partial charge on any atom is 0.242 e. The van der Waals surface area contributed by atoms with Crippen LogP contribution in [0, 0.1) is 25.7 Å². The Balaban J connectivity index is 3.01. The number of benzene rings is 1. The molecule has 4 heteroatoms. The van der Waals surface area contributed by atoms with Gasteiger partial charge in [0.05, 0.1) is 11.8 Å². The van der Waals surface area contributed by atoms with E-state index in [-0.39, 0.29) is 12.5 Å². The molecule has 0 aliphatic carbocycles. The summed E-state index contributed by atoms with van der Waals surface area (Å²) in [6, 6.07) is 4.04. The zero-order valence-electron chi connectivity index (χ0n) is 10.1. The van der Waals surface area contributed by atoms with Gasteiger partial charge in [-0.05, 0) is 43.0 Å². The van der Waals surface area contributed by atoms with Crippen LogP contribution in [0.3, 0.4) is 0 Å². The molecule has 0 heterocycles. The van der Waals surface area contributed by atoms with Gasteiger partial charge in [-0.1, -0.05) is 12.1 Å². The Morgan fingerprint density at radius 3 is 2.25 bits per heavy atom. The van der Waals surface area contributed by atoms with Crippen molar-refractivity contribution in [1.29, 1.82) is 0 Å². The summed E-state index contributed by atoms with van der Waals surface area (Å²) in [5.41, 5.74) is 4.38. The second-order valence-corrected chi connectivity index (χ2v) is 4.02. The van der Waals surface area contributed by atoms with Gasteiger partial charge in [-0.15, -0.1) is 4.91 Å². The first-order chi connectivity index (χ1) is 7.45. The van der Waals surface area contributed by atoms with E-state index in [9.17, 15) is 9.70 Å². The number of aryl methyl sites for hydroxylation is 3. The maximum atomic E-state index is 11.1. The smallest absolute Gasteiger partial charge is 0.242 e. The van der Waals surface area contributed by atoms with Crippen molar-refractivity contribution in [2.45, 2.75) is 34.2 Å². The molecular formula is C12H16N2O2. The third-order valence-electron chi connectivity index (χ3n) is 2.73. The van der Waals surface area contributed by atoms with Gasteiger partial charge in [0.1, 0.15) is 0 Å². The first-order valence-corrected chi connectivity index (χ1v) is 5.13. The van der Waals surface area contributed by atoms with Crippen LogP contribution in [0.1, 0.15) is 29.2 Å². The molecule has 1 aromatic rings. The number of hydrogen-bond acceptors (Lipinski definition) is 3. The highest BCUT2D eigenvalue weighted by molar-refractivity contribution is 5.72. The van der Waals surface area contributed by atoms with Crippen LogP contribution in [-0.2, 0) is 11.3 Å². The average Bonchev–Trinajstić information content (AvgIpc) is 2.21. The minimum atomic E-state index is -0.340. The van der Waals surface area contributed by atoms with Gasteiger partial charge in [0, 0.05) is 6.92 Å². The molecule has 0 bridgehead atoms. The highest BCUT2D eigenvalue weighted by atomic mass is 16.3. The number of nitrogens with zero attached hydrogens (tertiary/aromatic N) is 2. The molecule has 0 atom stereocenters. The Kier molecular flexibility index (Phi) is 3.77. The molecule has 0 aliphatic rings. The van der Waals surface area contributed by atoms with Crippen molar-refractivity contribution in [3.05, 3.63) is 39.3 Å². The van der Waals surface area contributed by atoms with E-state index < -0.39 is 0 Å². The summed E-state index contributed by atoms with van der Waals surface area (Å²) in [5, 5.41) is 3.64. The lowest BCUT2D eigenvalue weighted by atomic mass is 10.0. The molecule has 86 valence electrons. The van der Waals surface area contributed by atoms with E-state index in [1.165, 1.54) is 12.5 Å². The van der Waals surface area contributed by atoms with Gasteiger partial charge in [-0.2, -0.15) is 5.01 Å². The lowest BCUT2D eigenvalue weighted by molar-refractivity contribution is -0.129. The molecule has 4 nitrogen and oxygen atoms in total. The Bertz CT molecular complexity index is 427. The minimum absolute atomic E-state index is 0.242. The molecular weight excluding hydrogens is 204 g/mol. The Morgan fingerprint density at radius 2 is 1.75 bits per heavy atom. The van der Waals surface area contributed by atoms with Gasteiger partial charge in [-0.25, -0.2) is 0 Å². The molecule has 1 amide bonds. The van der Waals surface area contributed by atoms with Crippen molar-refractivity contribution in [2.75, 3.05) is 0 Å². The lowest BCUT2D eigenvalue weighted by Crippen LogP contribution is -2.22. The minimum Gasteiger partial charge on any atom is -0.273 e. The van der Waals surface area contributed by atoms with Crippen LogP contribution in [0.15, 0.2) is 17.4 Å². The molecule has 0 saturated heterocycles. The van der Waals surface area contributed by atoms with Gasteiger partial charge >= 0.3 is 0 Å². The van der Waals surface area contributed by atoms with E-state index in [0.717, 1.165) is 21.7 Å². The fourth-order valence-corrected chi connectivity index (χ4v) is 1.55. The summed E-state index contributed by atoms with van der Waals surface area (Å²) >= 11 is 0. The Hall–Kier alpha value is -1.71. The molecule has 0 unspecified atom stereocenters. The van der Waals surface area contributed by atoms with E-state index in [1.807, 2.05) is 32.9 Å². The van der Waals surface area contributed by atoms with Gasteiger partial charge in [0.15, 0.2) is 0 Å². The molecule has 0 radical (unpaired) electrons. The van der Waals surface area contributed by atoms with Crippen molar-refractivity contribution >= 4 is 5.91 Å². The summed E-state index contributed by atoms with van der Waals surface area (Å²) < 4.78 is 0. The molecule has 0 spiro atoms. The standard InChI is InChI=1S/C12H16N2O2/c1-8-5-10(3)12(6-9(8)2)7-14(13-16)11(4)15/h5-6H,7H2,1-4H3. The Labute approximate surface area is 95.2 Å². The number of carbonyl (C=O) groups excluding carboxylic acids is 1. The van der Waals surface area contributed by atoms with E-state index in [1.54, 1.807) is 0 Å². The topological polar surface area (TPSA) is 49.7 Å². The van der Waals surface area contributed by atoms with Crippen LogP contribution in [-0.4, -0.2) is 10.9 Å². The third-order valence-corrected chi connectivity index (χ3v) is 2.73. The quantitative estimate of drug-likeness (QED) is 0.580. The molecule has 1 aromatic carbocycles. The van der Waals surface area contributed by atoms with Crippen LogP contribution in [0.25, 0.3) is 0 Å². The maximum absolute atomic E-state index is 11.1. The second kappa shape index (κ2) is 4.88. The lowest BCUT2D eigenvalue weighted by Gasteiger charge is -2.14. The highest BCUT2D eigenvalue weighted by Crippen LogP contribution is 2.17. The zero-order valence-corrected chi connectivity index (χ0v) is 10.1. The number of hydrogen-bond donors (Lipinski definition) is 0. The third kappa shape index (κ3) is 2.66. The van der Waals surface area contributed by atoms with E-state index in [2.05, 4.69) is 5.29 Å². The van der Waals surface area contributed by atoms with Gasteiger partial charge in [0.2, 0.25) is 5.91 Å². The fraction of sp³-hybridized carbons (Fsp3) is 0.417. The van der Waals surface area contributed by atoms with E-state index in [0.29, 0.717) is 0 Å². The number of amides is 1. The summed E-state index contributed by atoms with van der Waals surface area (Å²) in [7, 11) is 0. The number of rotatable bonds is 3. The molecule has 1 rings (SSSR count). The van der Waals surface area contributed by atoms with Crippen LogP contribution in [0.4, 0.5) is 0 Å². The SMILES string of the molecule is CC(=O)N(Cc1cc(C)c(C)cc1C)N=O. The molecule has 0 fully saturated rings. The van der Waals surface area contributed by atoms with Crippen molar-refractivity contribution in [2.24, 2.45) is 5.29 Å². The van der Waals surface area contributed by atoms with Gasteiger partial charge in [0.25, 0.3) is 0 Å². The Morgan fingerprint density at radius 1 is 1.19 bits per heavy atom. The second-order valence-electron chi connectivity index (χ2n) is 4.02. The van der Waals surface area contributed by atoms with Crippen LogP contribution in [0.2, 0.25) is 0 Å². The molecule has 0 aliphatic heterocycles. The summed E-state index contributed by atoms with van der Waals surface area (Å²) in [5.74, 6) is -0.340. The summed E-state index contributed by atoms with van der Waals surface area (Å²) in [6.07, 6.45) is 0. The number of nitroso groups, excluding NO2 is 1. The fourth-order valence-electron chi connectivity index (χ4n) is 1.55. The summed E-state index contributed by atoms with van der Waals surface area (Å²) in [6.45, 7) is 7.58. The van der Waals surface area contributed by atoms with Crippen LogP contribution < -0.4 is 0 Å². The van der Waals surface area contributed by atoms with Crippen molar-refractivity contribution in [3.63, 3.8) is 0 Å². The first kappa shape index (κ1) is 12.4. The number of carbonyl (C=O) groups is 1. The molecule has 0 saturated carbocycles. The molecule has 0 aromatic heterocycles. The van der Waals surface area contributed by atoms with Gasteiger partial charge < -0.3 is 0 Å². The monoisotopic (exact) mass is 220 g/mol. The van der Waals surface area contributed by atoms with Gasteiger partial charge in [-0.3, -0.25) is 4.79 Å². The predicted octanol–water partition coefficient (Wildman–Crippen LogP) is 2.64. The predicted molar refractivity (Wildman–Crippen MR) is 62.7 cm³/mol. The zero-order chi connectivity index (χ0) is 12.3. The summed E-state index contributed by atoms with van der Waals surface area (Å²) in [4.78, 5) is 21.5. The van der Waals surface area contributed by atoms with E-state index >= 15 is 0 Å². The van der Waals surface area contributed by atoms with Crippen molar-refractivity contribution in [3.8, 4) is 0 Å². The van der Waals surface area contributed by atoms with Crippen molar-refractivity contribution in [1.82, 2.24) is 5.01 Å².